The molecule has 0 fully saturated rings. The molecule has 0 saturated carbocycles. The van der Waals surface area contributed by atoms with Crippen LogP contribution in [0.25, 0.3) is 11.0 Å². The van der Waals surface area contributed by atoms with E-state index in [0.29, 0.717) is 48.2 Å². The lowest BCUT2D eigenvalue weighted by molar-refractivity contribution is 0.0954. The van der Waals surface area contributed by atoms with E-state index in [1.165, 1.54) is 0 Å². The van der Waals surface area contributed by atoms with Gasteiger partial charge in [0.25, 0.3) is 5.91 Å². The van der Waals surface area contributed by atoms with E-state index in [4.69, 9.17) is 26.1 Å². The maximum atomic E-state index is 12.4. The van der Waals surface area contributed by atoms with Gasteiger partial charge in [0.2, 0.25) is 0 Å². The normalized spacial score (nSPS) is 10.8. The number of methoxy groups -OCH3 is 1. The van der Waals surface area contributed by atoms with Gasteiger partial charge in [0.15, 0.2) is 11.5 Å². The molecule has 32 heavy (non-hydrogen) atoms. The SMILES string of the molecule is COc1ccccc1OCCn1c(CCNC(=O)c2ccccc2Cl)nc2ccccc21. The molecule has 1 aromatic heterocycles. The number of amides is 1. The zero-order chi connectivity index (χ0) is 22.3. The molecule has 0 radical (unpaired) electrons. The van der Waals surface area contributed by atoms with Crippen LogP contribution >= 0.6 is 11.6 Å². The van der Waals surface area contributed by atoms with Gasteiger partial charge in [-0.1, -0.05) is 48.0 Å². The van der Waals surface area contributed by atoms with E-state index < -0.39 is 0 Å². The first-order valence-electron chi connectivity index (χ1n) is 10.4. The molecular weight excluding hydrogens is 426 g/mol. The summed E-state index contributed by atoms with van der Waals surface area (Å²) in [5, 5.41) is 3.37. The van der Waals surface area contributed by atoms with Gasteiger partial charge < -0.3 is 19.4 Å². The van der Waals surface area contributed by atoms with Crippen molar-refractivity contribution in [3.8, 4) is 11.5 Å². The van der Waals surface area contributed by atoms with E-state index in [1.54, 1.807) is 31.4 Å². The third kappa shape index (κ3) is 4.86. The molecule has 0 spiro atoms. The summed E-state index contributed by atoms with van der Waals surface area (Å²) in [6.07, 6.45) is 0.583. The summed E-state index contributed by atoms with van der Waals surface area (Å²) < 4.78 is 13.4. The van der Waals surface area contributed by atoms with Crippen molar-refractivity contribution < 1.29 is 14.3 Å². The van der Waals surface area contributed by atoms with Crippen molar-refractivity contribution in [2.24, 2.45) is 0 Å². The Bertz CT molecular complexity index is 1220. The Labute approximate surface area is 191 Å². The number of fused-ring (bicyclic) bond motifs is 1. The largest absolute Gasteiger partial charge is 0.493 e. The Morgan fingerprint density at radius 1 is 1.00 bits per heavy atom. The Hall–Kier alpha value is -3.51. The van der Waals surface area contributed by atoms with Crippen molar-refractivity contribution in [1.82, 2.24) is 14.9 Å². The second kappa shape index (κ2) is 10.2. The molecule has 7 heteroatoms. The molecule has 1 N–H and O–H groups in total. The molecule has 1 amide bonds. The maximum absolute atomic E-state index is 12.4. The molecule has 0 aliphatic carbocycles. The van der Waals surface area contributed by atoms with Gasteiger partial charge in [0.1, 0.15) is 12.4 Å². The van der Waals surface area contributed by atoms with Crippen molar-refractivity contribution >= 4 is 28.5 Å². The molecule has 1 heterocycles. The number of aromatic nitrogens is 2. The van der Waals surface area contributed by atoms with Crippen LogP contribution in [0.4, 0.5) is 0 Å². The maximum Gasteiger partial charge on any atom is 0.252 e. The number of hydrogen-bond acceptors (Lipinski definition) is 4. The van der Waals surface area contributed by atoms with Crippen molar-refractivity contribution in [3.63, 3.8) is 0 Å². The third-order valence-electron chi connectivity index (χ3n) is 5.13. The predicted octanol–water partition coefficient (Wildman–Crippen LogP) is 4.75. The second-order valence-electron chi connectivity index (χ2n) is 7.15. The smallest absolute Gasteiger partial charge is 0.252 e. The zero-order valence-corrected chi connectivity index (χ0v) is 18.5. The minimum absolute atomic E-state index is 0.197. The highest BCUT2D eigenvalue weighted by Gasteiger charge is 2.13. The fourth-order valence-electron chi connectivity index (χ4n) is 3.58. The van der Waals surface area contributed by atoms with E-state index in [-0.39, 0.29) is 5.91 Å². The average Bonchev–Trinajstić information content (AvgIpc) is 3.17. The third-order valence-corrected chi connectivity index (χ3v) is 5.46. The first-order valence-corrected chi connectivity index (χ1v) is 10.8. The van der Waals surface area contributed by atoms with Crippen LogP contribution in [0.3, 0.4) is 0 Å². The highest BCUT2D eigenvalue weighted by Crippen LogP contribution is 2.26. The number of hydrogen-bond donors (Lipinski definition) is 1. The molecule has 3 aromatic carbocycles. The number of ether oxygens (including phenoxy) is 2. The van der Waals surface area contributed by atoms with Gasteiger partial charge in [0.05, 0.1) is 35.3 Å². The summed E-state index contributed by atoms with van der Waals surface area (Å²) in [6.45, 7) is 1.52. The zero-order valence-electron chi connectivity index (χ0n) is 17.8. The molecule has 164 valence electrons. The van der Waals surface area contributed by atoms with Crippen LogP contribution < -0.4 is 14.8 Å². The minimum atomic E-state index is -0.197. The molecule has 0 aliphatic heterocycles. The molecule has 4 aromatic rings. The second-order valence-corrected chi connectivity index (χ2v) is 7.56. The van der Waals surface area contributed by atoms with Gasteiger partial charge in [-0.3, -0.25) is 4.79 Å². The molecule has 6 nitrogen and oxygen atoms in total. The Balaban J connectivity index is 1.44. The Morgan fingerprint density at radius 3 is 2.53 bits per heavy atom. The number of carbonyl (C=O) groups excluding carboxylic acids is 1. The number of rotatable bonds is 9. The molecule has 0 bridgehead atoms. The number of imidazole rings is 1. The Morgan fingerprint density at radius 2 is 1.72 bits per heavy atom. The lowest BCUT2D eigenvalue weighted by Gasteiger charge is -2.13. The van der Waals surface area contributed by atoms with Crippen LogP contribution in [0.5, 0.6) is 11.5 Å². The summed E-state index contributed by atoms with van der Waals surface area (Å²) in [4.78, 5) is 17.2. The number of para-hydroxylation sites is 4. The van der Waals surface area contributed by atoms with Crippen LogP contribution in [-0.4, -0.2) is 35.7 Å². The summed E-state index contributed by atoms with van der Waals surface area (Å²) in [5.74, 6) is 2.09. The van der Waals surface area contributed by atoms with Crippen molar-refractivity contribution in [2.75, 3.05) is 20.3 Å². The van der Waals surface area contributed by atoms with Crippen LogP contribution in [0.1, 0.15) is 16.2 Å². The highest BCUT2D eigenvalue weighted by atomic mass is 35.5. The van der Waals surface area contributed by atoms with Crippen molar-refractivity contribution in [1.29, 1.82) is 0 Å². The standard InChI is InChI=1S/C25H24ClN3O3/c1-31-22-12-6-7-13-23(22)32-17-16-29-21-11-5-4-10-20(21)28-24(29)14-15-27-25(30)18-8-2-3-9-19(18)26/h2-13H,14-17H2,1H3,(H,27,30). The quantitative estimate of drug-likeness (QED) is 0.400. The number of carbonyl (C=O) groups is 1. The Kier molecular flexibility index (Phi) is 6.92. The monoisotopic (exact) mass is 449 g/mol. The molecule has 0 atom stereocenters. The average molecular weight is 450 g/mol. The van der Waals surface area contributed by atoms with Crippen LogP contribution in [0.15, 0.2) is 72.8 Å². The van der Waals surface area contributed by atoms with Gasteiger partial charge in [0, 0.05) is 13.0 Å². The molecule has 0 aliphatic rings. The fraction of sp³-hybridized carbons (Fsp3) is 0.200. The number of nitrogens with zero attached hydrogens (tertiary/aromatic N) is 2. The minimum Gasteiger partial charge on any atom is -0.493 e. The van der Waals surface area contributed by atoms with Crippen LogP contribution in [-0.2, 0) is 13.0 Å². The molecule has 4 rings (SSSR count). The van der Waals surface area contributed by atoms with Gasteiger partial charge in [-0.25, -0.2) is 4.98 Å². The van der Waals surface area contributed by atoms with E-state index >= 15 is 0 Å². The molecule has 0 unspecified atom stereocenters. The van der Waals surface area contributed by atoms with Crippen molar-refractivity contribution in [3.05, 3.63) is 89.2 Å². The fourth-order valence-corrected chi connectivity index (χ4v) is 3.80. The predicted molar refractivity (Wildman–Crippen MR) is 126 cm³/mol. The molecule has 0 saturated heterocycles. The van der Waals surface area contributed by atoms with E-state index in [1.807, 2.05) is 48.5 Å². The summed E-state index contributed by atoms with van der Waals surface area (Å²) in [7, 11) is 1.63. The first-order chi connectivity index (χ1) is 15.7. The van der Waals surface area contributed by atoms with Crippen molar-refractivity contribution in [2.45, 2.75) is 13.0 Å². The number of benzene rings is 3. The summed E-state index contributed by atoms with van der Waals surface area (Å²) in [5.41, 5.74) is 2.41. The van der Waals surface area contributed by atoms with E-state index in [2.05, 4.69) is 9.88 Å². The topological polar surface area (TPSA) is 65.4 Å². The highest BCUT2D eigenvalue weighted by molar-refractivity contribution is 6.33. The lowest BCUT2D eigenvalue weighted by Crippen LogP contribution is -2.27. The number of halogens is 1. The van der Waals surface area contributed by atoms with Crippen LogP contribution in [0, 0.1) is 0 Å². The first kappa shape index (κ1) is 21.7. The summed E-state index contributed by atoms with van der Waals surface area (Å²) >= 11 is 6.12. The summed E-state index contributed by atoms with van der Waals surface area (Å²) in [6, 6.07) is 22.6. The van der Waals surface area contributed by atoms with Gasteiger partial charge in [-0.05, 0) is 36.4 Å². The van der Waals surface area contributed by atoms with Gasteiger partial charge in [-0.15, -0.1) is 0 Å². The van der Waals surface area contributed by atoms with E-state index in [0.717, 1.165) is 16.9 Å². The lowest BCUT2D eigenvalue weighted by atomic mass is 10.2. The number of nitrogens with one attached hydrogen (secondary N) is 1. The van der Waals surface area contributed by atoms with Gasteiger partial charge >= 0.3 is 0 Å². The molecular formula is C25H24ClN3O3. The van der Waals surface area contributed by atoms with E-state index in [9.17, 15) is 4.79 Å². The van der Waals surface area contributed by atoms with Gasteiger partial charge in [-0.2, -0.15) is 0 Å². The van der Waals surface area contributed by atoms with Crippen LogP contribution in [0.2, 0.25) is 5.02 Å².